The zero-order chi connectivity index (χ0) is 14.7. The van der Waals surface area contributed by atoms with Crippen LogP contribution >= 0.6 is 15.9 Å². The van der Waals surface area contributed by atoms with Crippen molar-refractivity contribution in [1.82, 2.24) is 5.32 Å². The van der Waals surface area contributed by atoms with Crippen LogP contribution in [0.2, 0.25) is 0 Å². The van der Waals surface area contributed by atoms with Gasteiger partial charge in [-0.2, -0.15) is 0 Å². The van der Waals surface area contributed by atoms with Crippen molar-refractivity contribution in [2.45, 2.75) is 13.0 Å². The van der Waals surface area contributed by atoms with E-state index in [-0.39, 0.29) is 5.91 Å². The fraction of sp³-hybridized carbons (Fsp3) is 0.133. The number of carbonyl (C=O) groups is 1. The molecule has 2 rings (SSSR count). The molecule has 0 aliphatic heterocycles. The molecule has 0 saturated heterocycles. The molecule has 0 bridgehead atoms. The van der Waals surface area contributed by atoms with Gasteiger partial charge in [0.1, 0.15) is 0 Å². The lowest BCUT2D eigenvalue weighted by atomic mass is 10.1. The predicted octanol–water partition coefficient (Wildman–Crippen LogP) is 4.22. The van der Waals surface area contributed by atoms with Crippen LogP contribution in [0.1, 0.15) is 28.9 Å². The summed E-state index contributed by atoms with van der Waals surface area (Å²) in [6.45, 7) is 1.71. The number of hydrogen-bond acceptors (Lipinski definition) is 1. The van der Waals surface area contributed by atoms with Crippen LogP contribution in [0.15, 0.2) is 46.9 Å². The SMILES string of the molecule is CC(NC(=O)c1ccc(Br)cc1)c1ccc(F)c(F)c1. The van der Waals surface area contributed by atoms with Crippen molar-refractivity contribution in [2.75, 3.05) is 0 Å². The van der Waals surface area contributed by atoms with Crippen molar-refractivity contribution in [3.8, 4) is 0 Å². The van der Waals surface area contributed by atoms with Crippen molar-refractivity contribution in [1.29, 1.82) is 0 Å². The third-order valence-electron chi connectivity index (χ3n) is 2.90. The number of amides is 1. The zero-order valence-corrected chi connectivity index (χ0v) is 12.2. The van der Waals surface area contributed by atoms with Gasteiger partial charge in [-0.25, -0.2) is 8.78 Å². The first-order chi connectivity index (χ1) is 9.47. The largest absolute Gasteiger partial charge is 0.346 e. The van der Waals surface area contributed by atoms with Crippen LogP contribution in [-0.2, 0) is 0 Å². The van der Waals surface area contributed by atoms with Gasteiger partial charge in [-0.3, -0.25) is 4.79 Å². The Morgan fingerprint density at radius 3 is 2.35 bits per heavy atom. The van der Waals surface area contributed by atoms with Gasteiger partial charge in [0.15, 0.2) is 11.6 Å². The highest BCUT2D eigenvalue weighted by Crippen LogP contribution is 2.17. The van der Waals surface area contributed by atoms with Gasteiger partial charge < -0.3 is 5.32 Å². The summed E-state index contributed by atoms with van der Waals surface area (Å²) < 4.78 is 26.9. The summed E-state index contributed by atoms with van der Waals surface area (Å²) in [6.07, 6.45) is 0. The summed E-state index contributed by atoms with van der Waals surface area (Å²) in [7, 11) is 0. The highest BCUT2D eigenvalue weighted by atomic mass is 79.9. The Labute approximate surface area is 123 Å². The van der Waals surface area contributed by atoms with Gasteiger partial charge in [0.25, 0.3) is 5.91 Å². The Morgan fingerprint density at radius 2 is 1.75 bits per heavy atom. The number of hydrogen-bond donors (Lipinski definition) is 1. The lowest BCUT2D eigenvalue weighted by Gasteiger charge is -2.14. The standard InChI is InChI=1S/C15H12BrF2NO/c1-9(11-4-7-13(17)14(18)8-11)19-15(20)10-2-5-12(16)6-3-10/h2-9H,1H3,(H,19,20). The van der Waals surface area contributed by atoms with Gasteiger partial charge in [0, 0.05) is 10.0 Å². The van der Waals surface area contributed by atoms with Crippen LogP contribution in [0.3, 0.4) is 0 Å². The zero-order valence-electron chi connectivity index (χ0n) is 10.7. The Balaban J connectivity index is 2.10. The molecular formula is C15H12BrF2NO. The third kappa shape index (κ3) is 3.42. The van der Waals surface area contributed by atoms with E-state index in [0.29, 0.717) is 11.1 Å². The molecule has 0 aromatic heterocycles. The average molecular weight is 340 g/mol. The molecule has 104 valence electrons. The molecule has 0 spiro atoms. The van der Waals surface area contributed by atoms with Gasteiger partial charge in [0.2, 0.25) is 0 Å². The summed E-state index contributed by atoms with van der Waals surface area (Å²) in [4.78, 5) is 12.0. The van der Waals surface area contributed by atoms with E-state index in [2.05, 4.69) is 21.2 Å². The van der Waals surface area contributed by atoms with E-state index in [1.54, 1.807) is 31.2 Å². The molecular weight excluding hydrogens is 328 g/mol. The smallest absolute Gasteiger partial charge is 0.251 e. The van der Waals surface area contributed by atoms with E-state index in [0.717, 1.165) is 16.6 Å². The van der Waals surface area contributed by atoms with Crippen molar-refractivity contribution in [2.24, 2.45) is 0 Å². The fourth-order valence-electron chi connectivity index (χ4n) is 1.75. The second kappa shape index (κ2) is 6.13. The maximum Gasteiger partial charge on any atom is 0.251 e. The van der Waals surface area contributed by atoms with Crippen LogP contribution in [-0.4, -0.2) is 5.91 Å². The maximum atomic E-state index is 13.2. The van der Waals surface area contributed by atoms with Crippen LogP contribution in [0.25, 0.3) is 0 Å². The predicted molar refractivity (Wildman–Crippen MR) is 76.4 cm³/mol. The van der Waals surface area contributed by atoms with Gasteiger partial charge in [-0.15, -0.1) is 0 Å². The van der Waals surface area contributed by atoms with Crippen molar-refractivity contribution in [3.05, 3.63) is 69.7 Å². The molecule has 0 heterocycles. The summed E-state index contributed by atoms with van der Waals surface area (Å²) in [5.41, 5.74) is 1.01. The Kier molecular flexibility index (Phi) is 4.49. The number of carbonyl (C=O) groups excluding carboxylic acids is 1. The lowest BCUT2D eigenvalue weighted by Crippen LogP contribution is -2.26. The van der Waals surface area contributed by atoms with Gasteiger partial charge in [0.05, 0.1) is 6.04 Å². The highest BCUT2D eigenvalue weighted by molar-refractivity contribution is 9.10. The molecule has 0 aliphatic rings. The Bertz CT molecular complexity index is 628. The summed E-state index contributed by atoms with van der Waals surface area (Å²) in [5.74, 6) is -2.10. The molecule has 0 saturated carbocycles. The van der Waals surface area contributed by atoms with Gasteiger partial charge in [-0.1, -0.05) is 22.0 Å². The topological polar surface area (TPSA) is 29.1 Å². The van der Waals surface area contributed by atoms with Crippen molar-refractivity contribution >= 4 is 21.8 Å². The molecule has 0 fully saturated rings. The van der Waals surface area contributed by atoms with Gasteiger partial charge in [-0.05, 0) is 48.9 Å². The Hall–Kier alpha value is -1.75. The number of halogens is 3. The monoisotopic (exact) mass is 339 g/mol. The van der Waals surface area contributed by atoms with Crippen molar-refractivity contribution in [3.63, 3.8) is 0 Å². The second-order valence-electron chi connectivity index (χ2n) is 4.38. The van der Waals surface area contributed by atoms with E-state index in [9.17, 15) is 13.6 Å². The second-order valence-corrected chi connectivity index (χ2v) is 5.29. The summed E-state index contributed by atoms with van der Waals surface area (Å²) >= 11 is 3.29. The molecule has 0 radical (unpaired) electrons. The van der Waals surface area contributed by atoms with E-state index < -0.39 is 17.7 Å². The lowest BCUT2D eigenvalue weighted by molar-refractivity contribution is 0.0940. The molecule has 5 heteroatoms. The summed E-state index contributed by atoms with van der Waals surface area (Å²) in [5, 5.41) is 2.74. The highest BCUT2D eigenvalue weighted by Gasteiger charge is 2.13. The maximum absolute atomic E-state index is 13.2. The first kappa shape index (κ1) is 14.7. The van der Waals surface area contributed by atoms with Crippen LogP contribution in [0, 0.1) is 11.6 Å². The van der Waals surface area contributed by atoms with E-state index >= 15 is 0 Å². The summed E-state index contributed by atoms with van der Waals surface area (Å²) in [6, 6.07) is 10.0. The number of rotatable bonds is 3. The molecule has 2 aromatic rings. The molecule has 2 aromatic carbocycles. The number of nitrogens with one attached hydrogen (secondary N) is 1. The van der Waals surface area contributed by atoms with E-state index in [1.165, 1.54) is 6.07 Å². The van der Waals surface area contributed by atoms with Crippen LogP contribution < -0.4 is 5.32 Å². The minimum absolute atomic E-state index is 0.269. The normalized spacial score (nSPS) is 12.0. The molecule has 1 N–H and O–H groups in total. The van der Waals surface area contributed by atoms with Crippen LogP contribution in [0.4, 0.5) is 8.78 Å². The van der Waals surface area contributed by atoms with E-state index in [4.69, 9.17) is 0 Å². The van der Waals surface area contributed by atoms with E-state index in [1.807, 2.05) is 0 Å². The van der Waals surface area contributed by atoms with Crippen LogP contribution in [0.5, 0.6) is 0 Å². The van der Waals surface area contributed by atoms with Gasteiger partial charge >= 0.3 is 0 Å². The number of benzene rings is 2. The minimum Gasteiger partial charge on any atom is -0.346 e. The third-order valence-corrected chi connectivity index (χ3v) is 3.43. The average Bonchev–Trinajstić information content (AvgIpc) is 2.42. The first-order valence-electron chi connectivity index (χ1n) is 5.99. The quantitative estimate of drug-likeness (QED) is 0.891. The minimum atomic E-state index is -0.924. The molecule has 0 aliphatic carbocycles. The molecule has 1 atom stereocenters. The molecule has 2 nitrogen and oxygen atoms in total. The molecule has 1 amide bonds. The first-order valence-corrected chi connectivity index (χ1v) is 6.78. The Morgan fingerprint density at radius 1 is 1.10 bits per heavy atom. The molecule has 1 unspecified atom stereocenters. The van der Waals surface area contributed by atoms with Crippen molar-refractivity contribution < 1.29 is 13.6 Å². The fourth-order valence-corrected chi connectivity index (χ4v) is 2.01. The molecule has 20 heavy (non-hydrogen) atoms.